The molecular weight excluding hydrogens is 234 g/mol. The van der Waals surface area contributed by atoms with E-state index in [1.807, 2.05) is 7.05 Å². The molecule has 1 atom stereocenters. The zero-order valence-corrected chi connectivity index (χ0v) is 12.3. The van der Waals surface area contributed by atoms with E-state index in [1.165, 1.54) is 5.56 Å². The lowest BCUT2D eigenvalue weighted by molar-refractivity contribution is 0.175. The Labute approximate surface area is 116 Å². The average molecular weight is 259 g/mol. The van der Waals surface area contributed by atoms with Crippen molar-refractivity contribution in [2.75, 3.05) is 13.7 Å². The molecule has 2 nitrogen and oxygen atoms in total. The van der Waals surface area contributed by atoms with Crippen molar-refractivity contribution in [1.82, 2.24) is 5.32 Å². The fourth-order valence-electron chi connectivity index (χ4n) is 3.33. The van der Waals surface area contributed by atoms with Crippen LogP contribution in [0.25, 0.3) is 0 Å². The van der Waals surface area contributed by atoms with E-state index in [2.05, 4.69) is 55.6 Å². The molecule has 0 aromatic heterocycles. The molecule has 2 rings (SSSR count). The van der Waals surface area contributed by atoms with Crippen molar-refractivity contribution in [3.63, 3.8) is 0 Å². The van der Waals surface area contributed by atoms with E-state index in [4.69, 9.17) is 4.74 Å². The summed E-state index contributed by atoms with van der Waals surface area (Å²) in [6, 6.07) is 11.1. The van der Waals surface area contributed by atoms with Crippen LogP contribution in [0.1, 0.15) is 38.7 Å². The normalized spacial score (nSPS) is 16.9. The van der Waals surface area contributed by atoms with E-state index < -0.39 is 0 Å². The highest BCUT2D eigenvalue weighted by Crippen LogP contribution is 2.39. The highest BCUT2D eigenvalue weighted by Gasteiger charge is 2.40. The van der Waals surface area contributed by atoms with Crippen molar-refractivity contribution >= 4 is 0 Å². The lowest BCUT2D eigenvalue weighted by Gasteiger charge is -2.40. The fourth-order valence-corrected chi connectivity index (χ4v) is 3.33. The second kappa shape index (κ2) is 6.25. The molecule has 0 spiro atoms. The quantitative estimate of drug-likeness (QED) is 0.842. The Bertz CT molecular complexity index is 420. The maximum Gasteiger partial charge on any atom is 0.110 e. The number of rotatable bonds is 6. The minimum absolute atomic E-state index is 0.103. The molecule has 0 radical (unpaired) electrons. The summed E-state index contributed by atoms with van der Waals surface area (Å²) in [5.41, 5.74) is 1.50. The molecule has 2 heteroatoms. The maximum absolute atomic E-state index is 5.84. The molecular formula is C17H25NO. The van der Waals surface area contributed by atoms with Crippen LogP contribution in [0.5, 0.6) is 0 Å². The second-order valence-corrected chi connectivity index (χ2v) is 5.19. The van der Waals surface area contributed by atoms with Crippen molar-refractivity contribution in [2.45, 2.75) is 44.6 Å². The van der Waals surface area contributed by atoms with Crippen LogP contribution in [0, 0.1) is 0 Å². The molecule has 104 valence electrons. The lowest BCUT2D eigenvalue weighted by atomic mass is 9.69. The third-order valence-corrected chi connectivity index (χ3v) is 4.47. The van der Waals surface area contributed by atoms with Gasteiger partial charge in [0.25, 0.3) is 0 Å². The molecule has 1 heterocycles. The van der Waals surface area contributed by atoms with Crippen LogP contribution in [-0.4, -0.2) is 19.7 Å². The number of hydrogen-bond acceptors (Lipinski definition) is 2. The largest absolute Gasteiger partial charge is 0.496 e. The van der Waals surface area contributed by atoms with Gasteiger partial charge < -0.3 is 10.1 Å². The monoisotopic (exact) mass is 259 g/mol. The smallest absolute Gasteiger partial charge is 0.110 e. The van der Waals surface area contributed by atoms with Gasteiger partial charge in [0.05, 0.1) is 12.6 Å². The Morgan fingerprint density at radius 3 is 2.37 bits per heavy atom. The molecule has 1 aromatic rings. The predicted octanol–water partition coefficient (Wildman–Crippen LogP) is 3.64. The highest BCUT2D eigenvalue weighted by molar-refractivity contribution is 5.32. The minimum Gasteiger partial charge on any atom is -0.496 e. The average Bonchev–Trinajstić information content (AvgIpc) is 2.99. The third kappa shape index (κ3) is 2.55. The van der Waals surface area contributed by atoms with Gasteiger partial charge in [-0.1, -0.05) is 44.2 Å². The van der Waals surface area contributed by atoms with Crippen LogP contribution in [-0.2, 0) is 10.2 Å². The molecule has 1 unspecified atom stereocenters. The summed E-state index contributed by atoms with van der Waals surface area (Å²) >= 11 is 0. The molecule has 1 N–H and O–H groups in total. The van der Waals surface area contributed by atoms with Gasteiger partial charge in [0.15, 0.2) is 0 Å². The fraction of sp³-hybridized carbons (Fsp3) is 0.529. The van der Waals surface area contributed by atoms with Gasteiger partial charge in [0, 0.05) is 11.8 Å². The summed E-state index contributed by atoms with van der Waals surface area (Å²) in [5, 5.41) is 3.49. The predicted molar refractivity (Wildman–Crippen MR) is 80.2 cm³/mol. The van der Waals surface area contributed by atoms with Gasteiger partial charge in [-0.3, -0.25) is 0 Å². The molecule has 19 heavy (non-hydrogen) atoms. The Kier molecular flexibility index (Phi) is 4.65. The number of likely N-dealkylation sites (N-methyl/N-ethyl adjacent to an activating group) is 1. The van der Waals surface area contributed by atoms with Gasteiger partial charge >= 0.3 is 0 Å². The molecule has 0 fully saturated rings. The van der Waals surface area contributed by atoms with E-state index in [0.29, 0.717) is 0 Å². The first-order chi connectivity index (χ1) is 9.28. The Hall–Kier alpha value is -1.28. The van der Waals surface area contributed by atoms with Crippen LogP contribution < -0.4 is 5.32 Å². The van der Waals surface area contributed by atoms with E-state index in [9.17, 15) is 0 Å². The van der Waals surface area contributed by atoms with Crippen LogP contribution in [0.4, 0.5) is 0 Å². The summed E-state index contributed by atoms with van der Waals surface area (Å²) in [6.45, 7) is 5.37. The zero-order chi connectivity index (χ0) is 13.7. The van der Waals surface area contributed by atoms with Gasteiger partial charge in [0.1, 0.15) is 5.76 Å². The number of nitrogens with one attached hydrogen (secondary N) is 1. The summed E-state index contributed by atoms with van der Waals surface area (Å²) < 4.78 is 5.84. The van der Waals surface area contributed by atoms with Crippen molar-refractivity contribution < 1.29 is 4.74 Å². The van der Waals surface area contributed by atoms with Crippen LogP contribution in [0.2, 0.25) is 0 Å². The van der Waals surface area contributed by atoms with Crippen molar-refractivity contribution in [1.29, 1.82) is 0 Å². The molecule has 0 saturated heterocycles. The van der Waals surface area contributed by atoms with E-state index in [-0.39, 0.29) is 11.5 Å². The van der Waals surface area contributed by atoms with Gasteiger partial charge in [-0.25, -0.2) is 0 Å². The SMILES string of the molecule is CCC(CC)(c1ccccc1)C(NC)C1=CCCO1. The molecule has 0 amide bonds. The standard InChI is InChI=1S/C17H25NO/c1-4-17(5-2,14-10-7-6-8-11-14)16(18-3)15-12-9-13-19-15/h6-8,10-12,16,18H,4-5,9,13H2,1-3H3. The lowest BCUT2D eigenvalue weighted by Crippen LogP contribution is -2.48. The molecule has 1 aromatic carbocycles. The van der Waals surface area contributed by atoms with Gasteiger partial charge in [-0.2, -0.15) is 0 Å². The van der Waals surface area contributed by atoms with Gasteiger partial charge in [0.2, 0.25) is 0 Å². The van der Waals surface area contributed by atoms with Crippen molar-refractivity contribution in [2.24, 2.45) is 0 Å². The Balaban J connectivity index is 2.42. The molecule has 0 aliphatic carbocycles. The molecule has 1 aliphatic rings. The maximum atomic E-state index is 5.84. The first-order valence-electron chi connectivity index (χ1n) is 7.34. The van der Waals surface area contributed by atoms with E-state index in [0.717, 1.165) is 31.6 Å². The summed E-state index contributed by atoms with van der Waals surface area (Å²) in [5.74, 6) is 1.12. The van der Waals surface area contributed by atoms with E-state index >= 15 is 0 Å². The first-order valence-corrected chi connectivity index (χ1v) is 7.34. The number of ether oxygens (including phenoxy) is 1. The third-order valence-electron chi connectivity index (χ3n) is 4.47. The second-order valence-electron chi connectivity index (χ2n) is 5.19. The summed E-state index contributed by atoms with van der Waals surface area (Å²) in [7, 11) is 2.04. The number of hydrogen-bond donors (Lipinski definition) is 1. The number of benzene rings is 1. The minimum atomic E-state index is 0.103. The Morgan fingerprint density at radius 2 is 1.89 bits per heavy atom. The zero-order valence-electron chi connectivity index (χ0n) is 12.3. The van der Waals surface area contributed by atoms with Gasteiger partial charge in [-0.05, 0) is 31.5 Å². The molecule has 0 saturated carbocycles. The highest BCUT2D eigenvalue weighted by atomic mass is 16.5. The summed E-state index contributed by atoms with van der Waals surface area (Å²) in [6.07, 6.45) is 5.47. The van der Waals surface area contributed by atoms with Gasteiger partial charge in [-0.15, -0.1) is 0 Å². The topological polar surface area (TPSA) is 21.3 Å². The molecule has 0 bridgehead atoms. The summed E-state index contributed by atoms with van der Waals surface area (Å²) in [4.78, 5) is 0. The first kappa shape index (κ1) is 14.1. The van der Waals surface area contributed by atoms with Crippen molar-refractivity contribution in [3.8, 4) is 0 Å². The van der Waals surface area contributed by atoms with Crippen molar-refractivity contribution in [3.05, 3.63) is 47.7 Å². The van der Waals surface area contributed by atoms with Crippen LogP contribution in [0.3, 0.4) is 0 Å². The molecule has 1 aliphatic heterocycles. The van der Waals surface area contributed by atoms with E-state index in [1.54, 1.807) is 0 Å². The Morgan fingerprint density at radius 1 is 1.21 bits per heavy atom. The van der Waals surface area contributed by atoms with Crippen LogP contribution in [0.15, 0.2) is 42.2 Å². The van der Waals surface area contributed by atoms with Crippen LogP contribution >= 0.6 is 0 Å².